The van der Waals surface area contributed by atoms with Crippen LogP contribution in [0.2, 0.25) is 0 Å². The van der Waals surface area contributed by atoms with E-state index >= 15 is 0 Å². The lowest BCUT2D eigenvalue weighted by molar-refractivity contribution is -0.154. The molecule has 128 valence electrons. The van der Waals surface area contributed by atoms with Crippen LogP contribution >= 0.6 is 0 Å². The van der Waals surface area contributed by atoms with Crippen LogP contribution in [-0.2, 0) is 20.7 Å². The molecule has 0 fully saturated rings. The molecule has 0 unspecified atom stereocenters. The first-order valence-electron chi connectivity index (χ1n) is 8.03. The summed E-state index contributed by atoms with van der Waals surface area (Å²) in [7, 11) is 0. The van der Waals surface area contributed by atoms with Gasteiger partial charge in [-0.25, -0.2) is 4.79 Å². The van der Waals surface area contributed by atoms with Crippen LogP contribution in [0.25, 0.3) is 10.9 Å². The zero-order valence-electron chi connectivity index (χ0n) is 14.1. The smallest absolute Gasteiger partial charge is 0.396 e. The number of hydrogen-bond donors (Lipinski definition) is 2. The van der Waals surface area contributed by atoms with Crippen LogP contribution in [-0.4, -0.2) is 30.0 Å². The standard InChI is InChI=1S/C18H22N2O4/c1-4-24-18(23)17(22)19-8-7-13-10-14-9-12(11(2)3)5-6-15(14)20-16(13)21/h5-6,9-11H,4,7-8H2,1-3H3,(H,19,22)(H,20,21). The van der Waals surface area contributed by atoms with Gasteiger partial charge in [-0.15, -0.1) is 0 Å². The second-order valence-corrected chi connectivity index (χ2v) is 5.85. The molecule has 2 aromatic rings. The predicted octanol–water partition coefficient (Wildman–Crippen LogP) is 1.87. The third kappa shape index (κ3) is 4.22. The van der Waals surface area contributed by atoms with E-state index in [0.29, 0.717) is 17.9 Å². The molecule has 0 aliphatic heterocycles. The summed E-state index contributed by atoms with van der Waals surface area (Å²) in [5.74, 6) is -1.31. The minimum atomic E-state index is -0.911. The summed E-state index contributed by atoms with van der Waals surface area (Å²) in [6.07, 6.45) is 0.336. The maximum atomic E-state index is 12.1. The highest BCUT2D eigenvalue weighted by Gasteiger charge is 2.14. The lowest BCUT2D eigenvalue weighted by atomic mass is 10.0. The van der Waals surface area contributed by atoms with Crippen molar-refractivity contribution in [2.45, 2.75) is 33.1 Å². The van der Waals surface area contributed by atoms with E-state index in [1.165, 1.54) is 5.56 Å². The largest absolute Gasteiger partial charge is 0.459 e. The number of carbonyl (C=O) groups is 2. The lowest BCUT2D eigenvalue weighted by Crippen LogP contribution is -2.34. The molecule has 0 aliphatic rings. The molecule has 1 aromatic heterocycles. The van der Waals surface area contributed by atoms with Crippen LogP contribution in [0.1, 0.15) is 37.8 Å². The van der Waals surface area contributed by atoms with Crippen LogP contribution in [0.5, 0.6) is 0 Å². The number of fused-ring (bicyclic) bond motifs is 1. The van der Waals surface area contributed by atoms with Crippen molar-refractivity contribution in [3.05, 3.63) is 45.7 Å². The van der Waals surface area contributed by atoms with E-state index in [2.05, 4.69) is 35.0 Å². The van der Waals surface area contributed by atoms with Crippen molar-refractivity contribution >= 4 is 22.8 Å². The van der Waals surface area contributed by atoms with Gasteiger partial charge in [-0.3, -0.25) is 9.59 Å². The van der Waals surface area contributed by atoms with Gasteiger partial charge in [-0.2, -0.15) is 0 Å². The first-order chi connectivity index (χ1) is 11.4. The zero-order valence-corrected chi connectivity index (χ0v) is 14.1. The van der Waals surface area contributed by atoms with Gasteiger partial charge >= 0.3 is 11.9 Å². The lowest BCUT2D eigenvalue weighted by Gasteiger charge is -2.09. The van der Waals surface area contributed by atoms with Crippen LogP contribution in [0.15, 0.2) is 29.1 Å². The van der Waals surface area contributed by atoms with Crippen LogP contribution in [0.3, 0.4) is 0 Å². The van der Waals surface area contributed by atoms with E-state index < -0.39 is 11.9 Å². The van der Waals surface area contributed by atoms with Gasteiger partial charge < -0.3 is 15.0 Å². The Kier molecular flexibility index (Phi) is 5.73. The maximum absolute atomic E-state index is 12.1. The monoisotopic (exact) mass is 330 g/mol. The highest BCUT2D eigenvalue weighted by molar-refractivity contribution is 6.32. The number of benzene rings is 1. The van der Waals surface area contributed by atoms with Crippen molar-refractivity contribution in [2.24, 2.45) is 0 Å². The Labute approximate surface area is 140 Å². The molecule has 1 aromatic carbocycles. The second-order valence-electron chi connectivity index (χ2n) is 5.85. The molecule has 0 atom stereocenters. The Morgan fingerprint density at radius 1 is 1.25 bits per heavy atom. The Balaban J connectivity index is 2.11. The quantitative estimate of drug-likeness (QED) is 0.647. The number of esters is 1. The fourth-order valence-electron chi connectivity index (χ4n) is 2.39. The molecule has 0 bridgehead atoms. The van der Waals surface area contributed by atoms with Gasteiger partial charge in [0.2, 0.25) is 0 Å². The van der Waals surface area contributed by atoms with Gasteiger partial charge in [0.05, 0.1) is 6.61 Å². The summed E-state index contributed by atoms with van der Waals surface area (Å²) in [4.78, 5) is 37.6. The van der Waals surface area contributed by atoms with E-state index in [9.17, 15) is 14.4 Å². The van der Waals surface area contributed by atoms with Crippen LogP contribution < -0.4 is 10.9 Å². The number of aromatic amines is 1. The molecule has 2 rings (SSSR count). The summed E-state index contributed by atoms with van der Waals surface area (Å²) in [6, 6.07) is 7.79. The van der Waals surface area contributed by atoms with E-state index in [-0.39, 0.29) is 18.7 Å². The fraction of sp³-hybridized carbons (Fsp3) is 0.389. The van der Waals surface area contributed by atoms with Gasteiger partial charge in [-0.05, 0) is 48.4 Å². The van der Waals surface area contributed by atoms with Gasteiger partial charge in [0.15, 0.2) is 0 Å². The molecule has 0 radical (unpaired) electrons. The number of H-pyrrole nitrogens is 1. The van der Waals surface area contributed by atoms with Crippen molar-refractivity contribution in [2.75, 3.05) is 13.2 Å². The van der Waals surface area contributed by atoms with Gasteiger partial charge in [0, 0.05) is 17.6 Å². The molecule has 0 spiro atoms. The Morgan fingerprint density at radius 2 is 2.00 bits per heavy atom. The summed E-state index contributed by atoms with van der Waals surface area (Å²) >= 11 is 0. The average Bonchev–Trinajstić information content (AvgIpc) is 2.54. The van der Waals surface area contributed by atoms with Crippen molar-refractivity contribution < 1.29 is 14.3 Å². The van der Waals surface area contributed by atoms with E-state index in [4.69, 9.17) is 0 Å². The first kappa shape index (κ1) is 17.7. The predicted molar refractivity (Wildman–Crippen MR) is 92.0 cm³/mol. The molecular weight excluding hydrogens is 308 g/mol. The number of aromatic nitrogens is 1. The van der Waals surface area contributed by atoms with Gasteiger partial charge in [0.25, 0.3) is 5.56 Å². The maximum Gasteiger partial charge on any atom is 0.396 e. The van der Waals surface area contributed by atoms with Gasteiger partial charge in [0.1, 0.15) is 0 Å². The van der Waals surface area contributed by atoms with Crippen LogP contribution in [0.4, 0.5) is 0 Å². The number of amides is 1. The highest BCUT2D eigenvalue weighted by atomic mass is 16.5. The van der Waals surface area contributed by atoms with Crippen molar-refractivity contribution in [1.82, 2.24) is 10.3 Å². The van der Waals surface area contributed by atoms with E-state index in [1.54, 1.807) is 6.92 Å². The number of hydrogen-bond acceptors (Lipinski definition) is 4. The molecular formula is C18H22N2O4. The number of rotatable bonds is 5. The number of ether oxygens (including phenoxy) is 1. The van der Waals surface area contributed by atoms with Gasteiger partial charge in [-0.1, -0.05) is 19.9 Å². The number of carbonyl (C=O) groups excluding carboxylic acids is 2. The first-order valence-corrected chi connectivity index (χ1v) is 8.03. The van der Waals surface area contributed by atoms with Crippen LogP contribution in [0, 0.1) is 0 Å². The van der Waals surface area contributed by atoms with E-state index in [0.717, 1.165) is 10.9 Å². The Bertz CT molecular complexity index is 808. The summed E-state index contributed by atoms with van der Waals surface area (Å²) in [5, 5.41) is 3.41. The normalized spacial score (nSPS) is 10.8. The molecule has 6 nitrogen and oxygen atoms in total. The summed E-state index contributed by atoms with van der Waals surface area (Å²) < 4.78 is 4.60. The van der Waals surface area contributed by atoms with Crippen molar-refractivity contribution in [3.8, 4) is 0 Å². The van der Waals surface area contributed by atoms with Crippen molar-refractivity contribution in [1.29, 1.82) is 0 Å². The third-order valence-corrected chi connectivity index (χ3v) is 3.75. The topological polar surface area (TPSA) is 88.3 Å². The third-order valence-electron chi connectivity index (χ3n) is 3.75. The molecule has 1 heterocycles. The molecule has 0 saturated carbocycles. The SMILES string of the molecule is CCOC(=O)C(=O)NCCc1cc2cc(C(C)C)ccc2[nH]c1=O. The molecule has 0 aliphatic carbocycles. The molecule has 0 saturated heterocycles. The zero-order chi connectivity index (χ0) is 17.7. The Morgan fingerprint density at radius 3 is 2.67 bits per heavy atom. The highest BCUT2D eigenvalue weighted by Crippen LogP contribution is 2.20. The summed E-state index contributed by atoms with van der Waals surface area (Å²) in [5.41, 5.74) is 2.34. The van der Waals surface area contributed by atoms with E-state index in [1.807, 2.05) is 18.2 Å². The molecule has 1 amide bonds. The number of nitrogens with one attached hydrogen (secondary N) is 2. The average molecular weight is 330 g/mol. The van der Waals surface area contributed by atoms with Crippen molar-refractivity contribution in [3.63, 3.8) is 0 Å². The summed E-state index contributed by atoms with van der Waals surface area (Å²) in [6.45, 7) is 6.19. The molecule has 24 heavy (non-hydrogen) atoms. The minimum Gasteiger partial charge on any atom is -0.459 e. The molecule has 2 N–H and O–H groups in total. The molecule has 6 heteroatoms. The fourth-order valence-corrected chi connectivity index (χ4v) is 2.39. The second kappa shape index (κ2) is 7.77. The Hall–Kier alpha value is -2.63. The minimum absolute atomic E-state index is 0.148. The number of pyridine rings is 1.